The van der Waals surface area contributed by atoms with Crippen molar-refractivity contribution >= 4 is 22.5 Å². The Morgan fingerprint density at radius 2 is 2.05 bits per heavy atom. The zero-order chi connectivity index (χ0) is 14.7. The number of benzene rings is 1. The maximum atomic E-state index is 12.4. The van der Waals surface area contributed by atoms with Crippen LogP contribution in [0.4, 0.5) is 5.82 Å². The second kappa shape index (κ2) is 5.88. The molecule has 1 unspecified atom stereocenters. The third kappa shape index (κ3) is 2.72. The standard InChI is InChI=1S/C15H19N3O2/c1-10(19)9-18(3)15(20)13-8-17-14(16-2)12-7-5-4-6-11(12)13/h4-8,10,19H,9H2,1-3H3,(H,16,17). The summed E-state index contributed by atoms with van der Waals surface area (Å²) in [4.78, 5) is 18.2. The Bertz CT molecular complexity index is 626. The number of carbonyl (C=O) groups is 1. The average Bonchev–Trinajstić information content (AvgIpc) is 2.44. The number of hydrogen-bond acceptors (Lipinski definition) is 4. The van der Waals surface area contributed by atoms with Crippen molar-refractivity contribution in [1.29, 1.82) is 0 Å². The summed E-state index contributed by atoms with van der Waals surface area (Å²) in [6.45, 7) is 1.95. The van der Waals surface area contributed by atoms with Gasteiger partial charge < -0.3 is 15.3 Å². The highest BCUT2D eigenvalue weighted by Crippen LogP contribution is 2.24. The number of likely N-dealkylation sites (N-methyl/N-ethyl adjacent to an activating group) is 1. The lowest BCUT2D eigenvalue weighted by molar-refractivity contribution is 0.0705. The van der Waals surface area contributed by atoms with Crippen LogP contribution in [0.15, 0.2) is 30.5 Å². The molecule has 0 aliphatic heterocycles. The van der Waals surface area contributed by atoms with Gasteiger partial charge in [0.1, 0.15) is 5.82 Å². The van der Waals surface area contributed by atoms with E-state index in [9.17, 15) is 9.90 Å². The van der Waals surface area contributed by atoms with Crippen molar-refractivity contribution in [2.24, 2.45) is 0 Å². The van der Waals surface area contributed by atoms with Gasteiger partial charge in [0.2, 0.25) is 0 Å². The van der Waals surface area contributed by atoms with E-state index >= 15 is 0 Å². The molecule has 5 nitrogen and oxygen atoms in total. The zero-order valence-corrected chi connectivity index (χ0v) is 11.9. The van der Waals surface area contributed by atoms with Gasteiger partial charge in [-0.1, -0.05) is 24.3 Å². The molecule has 5 heteroatoms. The summed E-state index contributed by atoms with van der Waals surface area (Å²) >= 11 is 0. The molecule has 2 aromatic rings. The number of nitrogens with one attached hydrogen (secondary N) is 1. The Balaban J connectivity index is 2.47. The zero-order valence-electron chi connectivity index (χ0n) is 11.9. The van der Waals surface area contributed by atoms with E-state index in [-0.39, 0.29) is 5.91 Å². The van der Waals surface area contributed by atoms with Crippen LogP contribution in [0.2, 0.25) is 0 Å². The number of anilines is 1. The first-order valence-electron chi connectivity index (χ1n) is 6.53. The Labute approximate surface area is 118 Å². The topological polar surface area (TPSA) is 65.5 Å². The van der Waals surface area contributed by atoms with Gasteiger partial charge in [-0.15, -0.1) is 0 Å². The van der Waals surface area contributed by atoms with Crippen LogP contribution in [-0.2, 0) is 0 Å². The molecule has 0 fully saturated rings. The van der Waals surface area contributed by atoms with Crippen molar-refractivity contribution in [2.75, 3.05) is 26.0 Å². The van der Waals surface area contributed by atoms with Crippen LogP contribution < -0.4 is 5.32 Å². The van der Waals surface area contributed by atoms with Crippen LogP contribution in [0.3, 0.4) is 0 Å². The van der Waals surface area contributed by atoms with Gasteiger partial charge in [-0.3, -0.25) is 4.79 Å². The molecule has 2 rings (SSSR count). The number of amides is 1. The van der Waals surface area contributed by atoms with Crippen LogP contribution in [-0.4, -0.2) is 47.6 Å². The summed E-state index contributed by atoms with van der Waals surface area (Å²) < 4.78 is 0. The number of aromatic nitrogens is 1. The van der Waals surface area contributed by atoms with E-state index in [1.54, 1.807) is 27.2 Å². The van der Waals surface area contributed by atoms with Gasteiger partial charge in [0, 0.05) is 32.2 Å². The van der Waals surface area contributed by atoms with Gasteiger partial charge in [0.25, 0.3) is 5.91 Å². The van der Waals surface area contributed by atoms with E-state index in [2.05, 4.69) is 10.3 Å². The fourth-order valence-corrected chi connectivity index (χ4v) is 2.25. The summed E-state index contributed by atoms with van der Waals surface area (Å²) in [5, 5.41) is 14.2. The highest BCUT2D eigenvalue weighted by molar-refractivity contribution is 6.09. The van der Waals surface area contributed by atoms with Gasteiger partial charge in [0.05, 0.1) is 11.7 Å². The molecule has 1 heterocycles. The van der Waals surface area contributed by atoms with Crippen LogP contribution in [0.25, 0.3) is 10.8 Å². The van der Waals surface area contributed by atoms with Gasteiger partial charge in [0.15, 0.2) is 0 Å². The predicted octanol–water partition coefficient (Wildman–Crippen LogP) is 1.73. The molecular weight excluding hydrogens is 254 g/mol. The van der Waals surface area contributed by atoms with Gasteiger partial charge in [-0.25, -0.2) is 4.98 Å². The molecule has 106 valence electrons. The van der Waals surface area contributed by atoms with Crippen molar-refractivity contribution in [3.63, 3.8) is 0 Å². The molecule has 1 aromatic carbocycles. The van der Waals surface area contributed by atoms with Crippen molar-refractivity contribution < 1.29 is 9.90 Å². The van der Waals surface area contributed by atoms with E-state index in [0.717, 1.165) is 16.6 Å². The number of aliphatic hydroxyl groups excluding tert-OH is 1. The summed E-state index contributed by atoms with van der Waals surface area (Å²) in [5.41, 5.74) is 0.544. The minimum absolute atomic E-state index is 0.141. The van der Waals surface area contributed by atoms with E-state index in [0.29, 0.717) is 12.1 Å². The number of nitrogens with zero attached hydrogens (tertiary/aromatic N) is 2. The molecule has 1 atom stereocenters. The highest BCUT2D eigenvalue weighted by Gasteiger charge is 2.17. The maximum absolute atomic E-state index is 12.4. The molecule has 0 bridgehead atoms. The summed E-state index contributed by atoms with van der Waals surface area (Å²) in [6, 6.07) is 7.65. The molecule has 0 radical (unpaired) electrons. The van der Waals surface area contributed by atoms with Gasteiger partial charge in [-0.05, 0) is 12.3 Å². The van der Waals surface area contributed by atoms with Crippen LogP contribution in [0, 0.1) is 0 Å². The SMILES string of the molecule is CNc1ncc(C(=O)N(C)CC(C)O)c2ccccc12. The lowest BCUT2D eigenvalue weighted by Crippen LogP contribution is -2.33. The predicted molar refractivity (Wildman–Crippen MR) is 79.9 cm³/mol. The quantitative estimate of drug-likeness (QED) is 0.890. The third-order valence-electron chi connectivity index (χ3n) is 3.15. The Morgan fingerprint density at radius 1 is 1.40 bits per heavy atom. The second-order valence-corrected chi connectivity index (χ2v) is 4.85. The van der Waals surface area contributed by atoms with Gasteiger partial charge >= 0.3 is 0 Å². The monoisotopic (exact) mass is 273 g/mol. The molecular formula is C15H19N3O2. The van der Waals surface area contributed by atoms with Crippen molar-refractivity contribution in [3.8, 4) is 0 Å². The van der Waals surface area contributed by atoms with E-state index in [1.165, 1.54) is 4.90 Å². The first kappa shape index (κ1) is 14.3. The smallest absolute Gasteiger partial charge is 0.255 e. The fourth-order valence-electron chi connectivity index (χ4n) is 2.25. The van der Waals surface area contributed by atoms with Gasteiger partial charge in [-0.2, -0.15) is 0 Å². The molecule has 0 saturated carbocycles. The molecule has 0 aliphatic carbocycles. The molecule has 0 spiro atoms. The molecule has 20 heavy (non-hydrogen) atoms. The number of aliphatic hydroxyl groups is 1. The number of carbonyl (C=O) groups excluding carboxylic acids is 1. The summed E-state index contributed by atoms with van der Waals surface area (Å²) in [7, 11) is 3.48. The lowest BCUT2D eigenvalue weighted by Gasteiger charge is -2.20. The Kier molecular flexibility index (Phi) is 4.20. The largest absolute Gasteiger partial charge is 0.392 e. The minimum atomic E-state index is -0.556. The molecule has 2 N–H and O–H groups in total. The molecule has 1 aromatic heterocycles. The van der Waals surface area contributed by atoms with Crippen molar-refractivity contribution in [3.05, 3.63) is 36.0 Å². The molecule has 1 amide bonds. The molecule has 0 saturated heterocycles. The summed E-state index contributed by atoms with van der Waals surface area (Å²) in [6.07, 6.45) is 1.02. The first-order chi connectivity index (χ1) is 9.54. The van der Waals surface area contributed by atoms with Crippen LogP contribution in [0.5, 0.6) is 0 Å². The average molecular weight is 273 g/mol. The van der Waals surface area contributed by atoms with Crippen LogP contribution >= 0.6 is 0 Å². The van der Waals surface area contributed by atoms with E-state index in [1.807, 2.05) is 24.3 Å². The highest BCUT2D eigenvalue weighted by atomic mass is 16.3. The number of pyridine rings is 1. The Morgan fingerprint density at radius 3 is 2.65 bits per heavy atom. The second-order valence-electron chi connectivity index (χ2n) is 4.85. The minimum Gasteiger partial charge on any atom is -0.392 e. The van der Waals surface area contributed by atoms with Crippen molar-refractivity contribution in [1.82, 2.24) is 9.88 Å². The fraction of sp³-hybridized carbons (Fsp3) is 0.333. The van der Waals surface area contributed by atoms with Crippen LogP contribution in [0.1, 0.15) is 17.3 Å². The molecule has 0 aliphatic rings. The number of rotatable bonds is 4. The normalized spacial score (nSPS) is 12.2. The van der Waals surface area contributed by atoms with E-state index in [4.69, 9.17) is 0 Å². The third-order valence-corrected chi connectivity index (χ3v) is 3.15. The maximum Gasteiger partial charge on any atom is 0.255 e. The van der Waals surface area contributed by atoms with Crippen molar-refractivity contribution in [2.45, 2.75) is 13.0 Å². The Hall–Kier alpha value is -2.14. The number of fused-ring (bicyclic) bond motifs is 1. The lowest BCUT2D eigenvalue weighted by atomic mass is 10.1. The summed E-state index contributed by atoms with van der Waals surface area (Å²) in [5.74, 6) is 0.604. The van der Waals surface area contributed by atoms with E-state index < -0.39 is 6.10 Å². The first-order valence-corrected chi connectivity index (χ1v) is 6.53. The number of hydrogen-bond donors (Lipinski definition) is 2.